The molecule has 0 aliphatic carbocycles. The van der Waals surface area contributed by atoms with Crippen molar-refractivity contribution in [3.8, 4) is 5.75 Å². The zero-order valence-electron chi connectivity index (χ0n) is 20.0. The Bertz CT molecular complexity index is 1210. The van der Waals surface area contributed by atoms with Crippen molar-refractivity contribution in [3.63, 3.8) is 0 Å². The number of rotatable bonds is 7. The molecule has 2 aliphatic heterocycles. The lowest BCUT2D eigenvalue weighted by molar-refractivity contribution is 0.198. The molecule has 5 heteroatoms. The Hall–Kier alpha value is -2.63. The first-order chi connectivity index (χ1) is 17.1. The first kappa shape index (κ1) is 24.1. The van der Waals surface area contributed by atoms with Gasteiger partial charge < -0.3 is 4.74 Å². The van der Waals surface area contributed by atoms with Crippen molar-refractivity contribution in [3.05, 3.63) is 94.8 Å². The first-order valence-corrected chi connectivity index (χ1v) is 13.3. The number of hydrogen-bond donors (Lipinski definition) is 0. The van der Waals surface area contributed by atoms with E-state index in [-0.39, 0.29) is 18.6 Å². The maximum Gasteiger partial charge on any atom is 0.130 e. The average molecular weight is 491 g/mol. The SMILES string of the molecule is Cc1ccc(C2=C(c3ccc(O[C@H]4CCN(CCCF)C4)cc3)c3cc[c]cc3SCC2)c(F)c1. The number of thioether (sulfide) groups is 1. The van der Waals surface area contributed by atoms with E-state index < -0.39 is 0 Å². The molecule has 0 amide bonds. The van der Waals surface area contributed by atoms with Gasteiger partial charge in [0.2, 0.25) is 0 Å². The molecule has 1 atom stereocenters. The van der Waals surface area contributed by atoms with Crippen LogP contribution in [0, 0.1) is 18.8 Å². The second kappa shape index (κ2) is 11.0. The minimum absolute atomic E-state index is 0.127. The van der Waals surface area contributed by atoms with E-state index in [2.05, 4.69) is 29.2 Å². The van der Waals surface area contributed by atoms with Crippen LogP contribution < -0.4 is 4.74 Å². The molecule has 181 valence electrons. The molecule has 0 bridgehead atoms. The second-order valence-electron chi connectivity index (χ2n) is 9.25. The molecule has 0 spiro atoms. The third-order valence-corrected chi connectivity index (χ3v) is 7.80. The van der Waals surface area contributed by atoms with Crippen LogP contribution in [0.25, 0.3) is 11.1 Å². The van der Waals surface area contributed by atoms with E-state index in [0.29, 0.717) is 12.0 Å². The second-order valence-corrected chi connectivity index (χ2v) is 10.4. The molecule has 1 radical (unpaired) electrons. The molecule has 2 aliphatic rings. The van der Waals surface area contributed by atoms with Crippen LogP contribution in [0.5, 0.6) is 5.75 Å². The number of likely N-dealkylation sites (tertiary alicyclic amines) is 1. The van der Waals surface area contributed by atoms with E-state index in [1.54, 1.807) is 17.8 Å². The summed E-state index contributed by atoms with van der Waals surface area (Å²) in [6.07, 6.45) is 2.45. The monoisotopic (exact) mass is 490 g/mol. The summed E-state index contributed by atoms with van der Waals surface area (Å²) >= 11 is 1.80. The van der Waals surface area contributed by atoms with Crippen LogP contribution in [0.4, 0.5) is 8.78 Å². The number of benzene rings is 3. The average Bonchev–Trinajstić information content (AvgIpc) is 3.22. The Morgan fingerprint density at radius 3 is 2.77 bits per heavy atom. The number of aryl methyl sites for hydroxylation is 1. The molecule has 35 heavy (non-hydrogen) atoms. The van der Waals surface area contributed by atoms with Crippen molar-refractivity contribution in [2.24, 2.45) is 0 Å². The number of ether oxygens (including phenoxy) is 1. The summed E-state index contributed by atoms with van der Waals surface area (Å²) < 4.78 is 33.9. The van der Waals surface area contributed by atoms with Crippen molar-refractivity contribution >= 4 is 22.9 Å². The van der Waals surface area contributed by atoms with Crippen molar-refractivity contribution in [1.29, 1.82) is 0 Å². The fourth-order valence-corrected chi connectivity index (χ4v) is 6.03. The summed E-state index contributed by atoms with van der Waals surface area (Å²) in [6.45, 7) is 4.22. The minimum Gasteiger partial charge on any atom is -0.489 e. The van der Waals surface area contributed by atoms with Crippen LogP contribution >= 0.6 is 11.8 Å². The molecule has 2 heterocycles. The number of nitrogens with zero attached hydrogens (tertiary/aromatic N) is 1. The number of alkyl halides is 1. The van der Waals surface area contributed by atoms with Gasteiger partial charge in [0.15, 0.2) is 0 Å². The quantitative estimate of drug-likeness (QED) is 0.347. The van der Waals surface area contributed by atoms with Crippen molar-refractivity contribution in [2.75, 3.05) is 32.1 Å². The van der Waals surface area contributed by atoms with Crippen LogP contribution in [0.2, 0.25) is 0 Å². The van der Waals surface area contributed by atoms with Crippen molar-refractivity contribution in [1.82, 2.24) is 4.90 Å². The highest BCUT2D eigenvalue weighted by Crippen LogP contribution is 2.43. The number of halogens is 2. The van der Waals surface area contributed by atoms with E-state index in [0.717, 1.165) is 71.8 Å². The van der Waals surface area contributed by atoms with Gasteiger partial charge in [0.25, 0.3) is 0 Å². The molecule has 0 saturated carbocycles. The summed E-state index contributed by atoms with van der Waals surface area (Å²) in [5, 5.41) is 0. The van der Waals surface area contributed by atoms with Gasteiger partial charge in [0, 0.05) is 35.8 Å². The number of hydrogen-bond acceptors (Lipinski definition) is 3. The molecule has 0 N–H and O–H groups in total. The highest BCUT2D eigenvalue weighted by molar-refractivity contribution is 7.99. The van der Waals surface area contributed by atoms with Gasteiger partial charge in [-0.05, 0) is 84.4 Å². The van der Waals surface area contributed by atoms with E-state index in [9.17, 15) is 4.39 Å². The summed E-state index contributed by atoms with van der Waals surface area (Å²) in [7, 11) is 0. The topological polar surface area (TPSA) is 12.5 Å². The number of allylic oxidation sites excluding steroid dienone is 1. The highest BCUT2D eigenvalue weighted by Gasteiger charge is 2.25. The molecule has 0 unspecified atom stereocenters. The summed E-state index contributed by atoms with van der Waals surface area (Å²) in [5.41, 5.74) is 5.88. The largest absolute Gasteiger partial charge is 0.489 e. The highest BCUT2D eigenvalue weighted by atomic mass is 32.2. The lowest BCUT2D eigenvalue weighted by Crippen LogP contribution is -2.26. The first-order valence-electron chi connectivity index (χ1n) is 12.3. The minimum atomic E-state index is -0.270. The molecule has 5 rings (SSSR count). The van der Waals surface area contributed by atoms with Gasteiger partial charge in [0.1, 0.15) is 17.7 Å². The van der Waals surface area contributed by atoms with Crippen LogP contribution in [0.3, 0.4) is 0 Å². The Balaban J connectivity index is 1.47. The van der Waals surface area contributed by atoms with Gasteiger partial charge in [-0.1, -0.05) is 36.4 Å². The standard InChI is InChI=1S/C30H30F2NOS/c1-21-7-12-25(28(32)19-21)26-14-18-35-29-6-3-2-5-27(29)30(26)22-8-10-23(11-9-22)34-24-13-17-33(20-24)16-4-15-31/h2,5-12,19,24H,4,13-18,20H2,1H3/t24-/m0/s1. The molecule has 1 saturated heterocycles. The van der Waals surface area contributed by atoms with E-state index >= 15 is 4.39 Å². The van der Waals surface area contributed by atoms with Crippen molar-refractivity contribution in [2.45, 2.75) is 37.2 Å². The normalized spacial score (nSPS) is 18.4. The number of fused-ring (bicyclic) bond motifs is 1. The molecule has 3 aromatic carbocycles. The van der Waals surface area contributed by atoms with Gasteiger partial charge in [0.05, 0.1) is 6.67 Å². The van der Waals surface area contributed by atoms with Crippen molar-refractivity contribution < 1.29 is 13.5 Å². The third kappa shape index (κ3) is 5.46. The zero-order valence-corrected chi connectivity index (χ0v) is 20.8. The molecular weight excluding hydrogens is 460 g/mol. The van der Waals surface area contributed by atoms with E-state index in [1.807, 2.05) is 43.3 Å². The predicted molar refractivity (Wildman–Crippen MR) is 140 cm³/mol. The molecule has 1 fully saturated rings. The molecular formula is C30H30F2NOS. The summed E-state index contributed by atoms with van der Waals surface area (Å²) in [4.78, 5) is 3.44. The van der Waals surface area contributed by atoms with Gasteiger partial charge in [-0.3, -0.25) is 9.29 Å². The Labute approximate surface area is 211 Å². The maximum atomic E-state index is 15.1. The van der Waals surface area contributed by atoms with Gasteiger partial charge in [-0.25, -0.2) is 4.39 Å². The lowest BCUT2D eigenvalue weighted by Gasteiger charge is -2.18. The molecule has 2 nitrogen and oxygen atoms in total. The zero-order chi connectivity index (χ0) is 24.2. The van der Waals surface area contributed by atoms with Gasteiger partial charge in [-0.2, -0.15) is 0 Å². The fourth-order valence-electron chi connectivity index (χ4n) is 5.03. The van der Waals surface area contributed by atoms with Crippen LogP contribution in [-0.4, -0.2) is 43.1 Å². The molecule has 3 aromatic rings. The van der Waals surface area contributed by atoms with Crippen LogP contribution in [-0.2, 0) is 0 Å². The lowest BCUT2D eigenvalue weighted by atomic mass is 9.88. The van der Waals surface area contributed by atoms with E-state index in [1.165, 1.54) is 4.90 Å². The Kier molecular flexibility index (Phi) is 7.54. The summed E-state index contributed by atoms with van der Waals surface area (Å²) in [6, 6.07) is 23.0. The van der Waals surface area contributed by atoms with Crippen LogP contribution in [0.15, 0.2) is 65.6 Å². The molecule has 0 aromatic heterocycles. The third-order valence-electron chi connectivity index (χ3n) is 6.74. The Morgan fingerprint density at radius 2 is 1.97 bits per heavy atom. The fraction of sp³-hybridized carbons (Fsp3) is 0.333. The predicted octanol–water partition coefficient (Wildman–Crippen LogP) is 7.20. The van der Waals surface area contributed by atoms with E-state index in [4.69, 9.17) is 4.74 Å². The van der Waals surface area contributed by atoms with Gasteiger partial charge >= 0.3 is 0 Å². The van der Waals surface area contributed by atoms with Crippen LogP contribution in [0.1, 0.15) is 41.5 Å². The smallest absolute Gasteiger partial charge is 0.130 e. The maximum absolute atomic E-state index is 15.1. The van der Waals surface area contributed by atoms with Gasteiger partial charge in [-0.15, -0.1) is 11.8 Å². The Morgan fingerprint density at radius 1 is 1.11 bits per heavy atom. The summed E-state index contributed by atoms with van der Waals surface area (Å²) in [5.74, 6) is 1.55.